The molecular weight excluding hydrogens is 358 g/mol. The van der Waals surface area contributed by atoms with Gasteiger partial charge < -0.3 is 14.5 Å². The van der Waals surface area contributed by atoms with Gasteiger partial charge in [-0.3, -0.25) is 4.79 Å². The van der Waals surface area contributed by atoms with Crippen molar-refractivity contribution in [3.05, 3.63) is 65.0 Å². The number of fused-ring (bicyclic) bond motifs is 1. The lowest BCUT2D eigenvalue weighted by atomic mass is 10.1. The lowest BCUT2D eigenvalue weighted by Crippen LogP contribution is -2.31. The van der Waals surface area contributed by atoms with Gasteiger partial charge in [0, 0.05) is 4.47 Å². The number of rotatable bonds is 5. The highest BCUT2D eigenvalue weighted by molar-refractivity contribution is 9.10. The van der Waals surface area contributed by atoms with E-state index >= 15 is 0 Å². The summed E-state index contributed by atoms with van der Waals surface area (Å²) in [5.41, 5.74) is 0. The molecule has 0 aliphatic heterocycles. The highest BCUT2D eigenvalue weighted by Gasteiger charge is 2.12. The van der Waals surface area contributed by atoms with Crippen molar-refractivity contribution in [2.45, 2.75) is 13.0 Å². The molecule has 0 bridgehead atoms. The van der Waals surface area contributed by atoms with E-state index in [4.69, 9.17) is 9.15 Å². The Bertz CT molecular complexity index is 814. The molecule has 1 amide bonds. The number of carbonyl (C=O) groups excluding carboxylic acids is 1. The summed E-state index contributed by atoms with van der Waals surface area (Å²) >= 11 is 3.45. The van der Waals surface area contributed by atoms with Gasteiger partial charge in [0.15, 0.2) is 6.61 Å². The number of furan rings is 1. The minimum Gasteiger partial charge on any atom is -0.484 e. The summed E-state index contributed by atoms with van der Waals surface area (Å²) in [5, 5.41) is 5.01. The molecule has 0 saturated carbocycles. The van der Waals surface area contributed by atoms with Crippen LogP contribution in [0.2, 0.25) is 0 Å². The van der Waals surface area contributed by atoms with Crippen molar-refractivity contribution in [3.63, 3.8) is 0 Å². The largest absolute Gasteiger partial charge is 0.484 e. The maximum Gasteiger partial charge on any atom is 0.258 e. The van der Waals surface area contributed by atoms with Gasteiger partial charge in [-0.2, -0.15) is 0 Å². The standard InChI is InChI=1S/C18H16BrNO3/c1-12(17-3-2-8-22-17)20-18(21)11-23-16-7-5-13-9-15(19)6-4-14(13)10-16/h2-10,12H,11H2,1H3,(H,20,21)/t12-/m1/s1. The Kier molecular flexibility index (Phi) is 4.67. The van der Waals surface area contributed by atoms with Gasteiger partial charge in [-0.25, -0.2) is 0 Å². The van der Waals surface area contributed by atoms with E-state index in [9.17, 15) is 4.79 Å². The first-order chi connectivity index (χ1) is 11.1. The van der Waals surface area contributed by atoms with Gasteiger partial charge in [0.05, 0.1) is 12.3 Å². The predicted octanol–water partition coefficient (Wildman–Crippen LogP) is 4.45. The second-order valence-corrected chi connectivity index (χ2v) is 6.16. The van der Waals surface area contributed by atoms with Crippen LogP contribution in [0.5, 0.6) is 5.75 Å². The topological polar surface area (TPSA) is 51.5 Å². The van der Waals surface area contributed by atoms with Crippen LogP contribution in [0.4, 0.5) is 0 Å². The molecule has 1 heterocycles. The van der Waals surface area contributed by atoms with E-state index in [2.05, 4.69) is 21.2 Å². The number of halogens is 1. The summed E-state index contributed by atoms with van der Waals surface area (Å²) < 4.78 is 11.9. The first-order valence-corrected chi connectivity index (χ1v) is 8.06. The Morgan fingerprint density at radius 2 is 2.00 bits per heavy atom. The van der Waals surface area contributed by atoms with Crippen molar-refractivity contribution in [2.24, 2.45) is 0 Å². The highest BCUT2D eigenvalue weighted by atomic mass is 79.9. The number of nitrogens with one attached hydrogen (secondary N) is 1. The van der Waals surface area contributed by atoms with E-state index in [-0.39, 0.29) is 18.6 Å². The Hall–Kier alpha value is -2.27. The normalized spacial score (nSPS) is 12.1. The average Bonchev–Trinajstić information content (AvgIpc) is 3.07. The molecule has 3 aromatic rings. The molecule has 3 rings (SSSR count). The van der Waals surface area contributed by atoms with Crippen molar-refractivity contribution in [1.82, 2.24) is 5.32 Å². The number of hydrogen-bond acceptors (Lipinski definition) is 3. The molecule has 118 valence electrons. The van der Waals surface area contributed by atoms with E-state index in [1.54, 1.807) is 12.3 Å². The molecule has 0 fully saturated rings. The molecule has 2 aromatic carbocycles. The maximum absolute atomic E-state index is 11.9. The molecule has 4 nitrogen and oxygen atoms in total. The maximum atomic E-state index is 11.9. The zero-order chi connectivity index (χ0) is 16.2. The smallest absolute Gasteiger partial charge is 0.258 e. The Morgan fingerprint density at radius 3 is 2.78 bits per heavy atom. The second kappa shape index (κ2) is 6.87. The van der Waals surface area contributed by atoms with Gasteiger partial charge in [0.25, 0.3) is 5.91 Å². The van der Waals surface area contributed by atoms with Crippen LogP contribution in [0, 0.1) is 0 Å². The van der Waals surface area contributed by atoms with Crippen LogP contribution in [-0.2, 0) is 4.79 Å². The van der Waals surface area contributed by atoms with Gasteiger partial charge in [0.1, 0.15) is 11.5 Å². The third kappa shape index (κ3) is 3.93. The molecular formula is C18H16BrNO3. The lowest BCUT2D eigenvalue weighted by molar-refractivity contribution is -0.123. The number of benzene rings is 2. The van der Waals surface area contributed by atoms with Gasteiger partial charge in [-0.15, -0.1) is 0 Å². The van der Waals surface area contributed by atoms with Crippen molar-refractivity contribution >= 4 is 32.6 Å². The quantitative estimate of drug-likeness (QED) is 0.718. The lowest BCUT2D eigenvalue weighted by Gasteiger charge is -2.12. The molecule has 5 heteroatoms. The van der Waals surface area contributed by atoms with Gasteiger partial charge in [0.2, 0.25) is 0 Å². The van der Waals surface area contributed by atoms with Crippen LogP contribution in [0.15, 0.2) is 63.7 Å². The highest BCUT2D eigenvalue weighted by Crippen LogP contribution is 2.24. The average molecular weight is 374 g/mol. The summed E-state index contributed by atoms with van der Waals surface area (Å²) in [5.74, 6) is 1.19. The Balaban J connectivity index is 1.59. The molecule has 0 saturated heterocycles. The summed E-state index contributed by atoms with van der Waals surface area (Å²) in [7, 11) is 0. The summed E-state index contributed by atoms with van der Waals surface area (Å²) in [4.78, 5) is 11.9. The Labute approximate surface area is 142 Å². The fraction of sp³-hybridized carbons (Fsp3) is 0.167. The number of amides is 1. The third-order valence-electron chi connectivity index (χ3n) is 3.49. The van der Waals surface area contributed by atoms with E-state index in [0.29, 0.717) is 5.75 Å². The number of hydrogen-bond donors (Lipinski definition) is 1. The molecule has 23 heavy (non-hydrogen) atoms. The first kappa shape index (κ1) is 15.6. The summed E-state index contributed by atoms with van der Waals surface area (Å²) in [6.45, 7) is 1.83. The molecule has 0 unspecified atom stereocenters. The molecule has 0 radical (unpaired) electrons. The Morgan fingerprint density at radius 1 is 1.22 bits per heavy atom. The molecule has 0 spiro atoms. The van der Waals surface area contributed by atoms with Crippen LogP contribution in [0.1, 0.15) is 18.7 Å². The van der Waals surface area contributed by atoms with Gasteiger partial charge in [-0.1, -0.05) is 28.1 Å². The van der Waals surface area contributed by atoms with Crippen LogP contribution in [-0.4, -0.2) is 12.5 Å². The van der Waals surface area contributed by atoms with Crippen molar-refractivity contribution in [1.29, 1.82) is 0 Å². The molecule has 0 aliphatic carbocycles. The van der Waals surface area contributed by atoms with E-state index < -0.39 is 0 Å². The van der Waals surface area contributed by atoms with Crippen LogP contribution in [0.3, 0.4) is 0 Å². The van der Waals surface area contributed by atoms with Gasteiger partial charge >= 0.3 is 0 Å². The monoisotopic (exact) mass is 373 g/mol. The summed E-state index contributed by atoms with van der Waals surface area (Å²) in [6.07, 6.45) is 1.59. The van der Waals surface area contributed by atoms with Gasteiger partial charge in [-0.05, 0) is 54.1 Å². The zero-order valence-corrected chi connectivity index (χ0v) is 14.2. The van der Waals surface area contributed by atoms with E-state index in [1.807, 2.05) is 49.4 Å². The SMILES string of the molecule is C[C@@H](NC(=O)COc1ccc2cc(Br)ccc2c1)c1ccco1. The van der Waals surface area contributed by atoms with Crippen molar-refractivity contribution in [3.8, 4) is 5.75 Å². The fourth-order valence-corrected chi connectivity index (χ4v) is 2.70. The zero-order valence-electron chi connectivity index (χ0n) is 12.6. The van der Waals surface area contributed by atoms with E-state index in [1.165, 1.54) is 0 Å². The molecule has 1 atom stereocenters. The molecule has 1 aromatic heterocycles. The minimum atomic E-state index is -0.190. The van der Waals surface area contributed by atoms with Crippen molar-refractivity contribution in [2.75, 3.05) is 6.61 Å². The number of carbonyl (C=O) groups is 1. The number of ether oxygens (including phenoxy) is 1. The van der Waals surface area contributed by atoms with Crippen molar-refractivity contribution < 1.29 is 13.9 Å². The van der Waals surface area contributed by atoms with Crippen LogP contribution < -0.4 is 10.1 Å². The van der Waals surface area contributed by atoms with E-state index in [0.717, 1.165) is 21.0 Å². The summed E-state index contributed by atoms with van der Waals surface area (Å²) in [6, 6.07) is 15.2. The fourth-order valence-electron chi connectivity index (χ4n) is 2.33. The molecule has 1 N–H and O–H groups in total. The van der Waals surface area contributed by atoms with Crippen LogP contribution >= 0.6 is 15.9 Å². The first-order valence-electron chi connectivity index (χ1n) is 7.27. The third-order valence-corrected chi connectivity index (χ3v) is 3.98. The minimum absolute atomic E-state index is 0.0346. The molecule has 0 aliphatic rings. The second-order valence-electron chi connectivity index (χ2n) is 5.25. The predicted molar refractivity (Wildman–Crippen MR) is 92.4 cm³/mol. The van der Waals surface area contributed by atoms with Crippen LogP contribution in [0.25, 0.3) is 10.8 Å².